The van der Waals surface area contributed by atoms with Gasteiger partial charge in [-0.05, 0) is 28.7 Å². The zero-order valence-electron chi connectivity index (χ0n) is 6.86. The van der Waals surface area contributed by atoms with Crippen LogP contribution in [0.3, 0.4) is 0 Å². The van der Waals surface area contributed by atoms with Crippen molar-refractivity contribution in [3.8, 4) is 0 Å². The minimum Gasteiger partial charge on any atom is -0.479 e. The molecule has 0 heterocycles. The molecule has 0 saturated heterocycles. The molecule has 3 unspecified atom stereocenters. The van der Waals surface area contributed by atoms with Gasteiger partial charge in [-0.1, -0.05) is 28.7 Å². The summed E-state index contributed by atoms with van der Waals surface area (Å²) in [6, 6.07) is 0. The molecular formula is C7H4F4I2O2. The predicted molar refractivity (Wildman–Crippen MR) is 61.2 cm³/mol. The van der Waals surface area contributed by atoms with E-state index in [1.807, 2.05) is 0 Å². The van der Waals surface area contributed by atoms with Crippen LogP contribution in [0.15, 0.2) is 12.2 Å². The Morgan fingerprint density at radius 2 is 1.80 bits per heavy atom. The minimum atomic E-state index is -4.09. The molecule has 0 aromatic heterocycles. The Morgan fingerprint density at radius 3 is 2.20 bits per heavy atom. The second-order valence-corrected chi connectivity index (χ2v) is 5.80. The highest BCUT2D eigenvalue weighted by Crippen LogP contribution is 2.55. The van der Waals surface area contributed by atoms with Crippen molar-refractivity contribution in [1.29, 1.82) is 0 Å². The van der Waals surface area contributed by atoms with Crippen molar-refractivity contribution in [1.82, 2.24) is 0 Å². The fraction of sp³-hybridized carbons (Fsp3) is 0.571. The average molecular weight is 450 g/mol. The smallest absolute Gasteiger partial charge is 0.350 e. The Kier molecular flexibility index (Phi) is 3.32. The molecule has 0 spiro atoms. The third kappa shape index (κ3) is 1.67. The predicted octanol–water partition coefficient (Wildman–Crippen LogP) is 2.89. The van der Waals surface area contributed by atoms with E-state index in [0.29, 0.717) is 34.7 Å². The molecule has 8 heteroatoms. The minimum absolute atomic E-state index is 0.330. The van der Waals surface area contributed by atoms with Crippen LogP contribution in [-0.4, -0.2) is 30.3 Å². The fourth-order valence-corrected chi connectivity index (χ4v) is 3.04. The first kappa shape index (κ1) is 13.5. The number of carboxylic acids is 1. The molecule has 0 aromatic carbocycles. The summed E-state index contributed by atoms with van der Waals surface area (Å²) in [5.41, 5.74) is -3.71. The lowest BCUT2D eigenvalue weighted by Crippen LogP contribution is -2.63. The zero-order valence-corrected chi connectivity index (χ0v) is 11.2. The molecule has 0 saturated carbocycles. The van der Waals surface area contributed by atoms with Gasteiger partial charge in [0.15, 0.2) is 0 Å². The molecule has 0 aromatic rings. The third-order valence-corrected chi connectivity index (χ3v) is 4.73. The largest absolute Gasteiger partial charge is 0.479 e. The van der Waals surface area contributed by atoms with Gasteiger partial charge in [0.2, 0.25) is 0 Å². The number of carboxylic acid groups (broad SMARTS) is 1. The summed E-state index contributed by atoms with van der Waals surface area (Å²) in [7, 11) is 0. The highest BCUT2D eigenvalue weighted by atomic mass is 127. The molecular weight excluding hydrogens is 446 g/mol. The normalized spacial score (nSPS) is 44.0. The molecule has 3 atom stereocenters. The van der Waals surface area contributed by atoms with Crippen molar-refractivity contribution in [2.75, 3.05) is 0 Å². The maximum atomic E-state index is 13.6. The Morgan fingerprint density at radius 1 is 1.33 bits per heavy atom. The van der Waals surface area contributed by atoms with Crippen LogP contribution in [0.4, 0.5) is 17.6 Å². The first-order valence-corrected chi connectivity index (χ1v) is 5.91. The quantitative estimate of drug-likeness (QED) is 0.289. The monoisotopic (exact) mass is 450 g/mol. The van der Waals surface area contributed by atoms with Gasteiger partial charge in [0.25, 0.3) is 9.34 Å². The molecule has 0 radical (unpaired) electrons. The molecule has 2 nitrogen and oxygen atoms in total. The van der Waals surface area contributed by atoms with E-state index in [0.717, 1.165) is 0 Å². The van der Waals surface area contributed by atoms with Gasteiger partial charge in [-0.3, -0.25) is 0 Å². The van der Waals surface area contributed by atoms with Crippen LogP contribution in [0, 0.1) is 0 Å². The number of hydrogen-bond donors (Lipinski definition) is 1. The van der Waals surface area contributed by atoms with E-state index >= 15 is 0 Å². The molecule has 1 N–H and O–H groups in total. The standard InChI is InChI=1S/C7H4F4I2O2/c8-5(4(14)15)2-1-3(12)6(9,10)7(5,11)13/h1-3H,(H,14,15). The Labute approximate surface area is 109 Å². The molecule has 0 bridgehead atoms. The third-order valence-electron chi connectivity index (χ3n) is 2.03. The summed E-state index contributed by atoms with van der Waals surface area (Å²) in [5.74, 6) is -6.35. The van der Waals surface area contributed by atoms with Crippen LogP contribution >= 0.6 is 45.2 Å². The summed E-state index contributed by atoms with van der Waals surface area (Å²) in [6.07, 6.45) is 0.988. The summed E-state index contributed by atoms with van der Waals surface area (Å²) in [6.45, 7) is 0. The molecule has 1 aliphatic rings. The first-order chi connectivity index (χ1) is 6.57. The second-order valence-electron chi connectivity index (χ2n) is 2.98. The van der Waals surface area contributed by atoms with Crippen LogP contribution < -0.4 is 0 Å². The second kappa shape index (κ2) is 3.70. The lowest BCUT2D eigenvalue weighted by Gasteiger charge is -2.40. The summed E-state index contributed by atoms with van der Waals surface area (Å²) >= 11 is 1.74. The Bertz CT molecular complexity index is 331. The van der Waals surface area contributed by atoms with E-state index in [2.05, 4.69) is 0 Å². The van der Waals surface area contributed by atoms with E-state index in [1.165, 1.54) is 22.6 Å². The Balaban J connectivity index is 3.37. The number of carbonyl (C=O) groups is 1. The number of allylic oxidation sites excluding steroid dienone is 1. The molecule has 15 heavy (non-hydrogen) atoms. The molecule has 0 aliphatic heterocycles. The average Bonchev–Trinajstić information content (AvgIpc) is 2.10. The van der Waals surface area contributed by atoms with Crippen LogP contribution in [0.1, 0.15) is 0 Å². The highest BCUT2D eigenvalue weighted by Gasteiger charge is 2.73. The van der Waals surface area contributed by atoms with Crippen LogP contribution in [-0.2, 0) is 4.79 Å². The van der Waals surface area contributed by atoms with Crippen molar-refractivity contribution in [3.05, 3.63) is 12.2 Å². The number of rotatable bonds is 1. The summed E-state index contributed by atoms with van der Waals surface area (Å²) in [4.78, 5) is 10.5. The summed E-state index contributed by atoms with van der Waals surface area (Å²) in [5, 5.41) is 8.44. The van der Waals surface area contributed by atoms with Crippen molar-refractivity contribution < 1.29 is 27.5 Å². The van der Waals surface area contributed by atoms with E-state index < -0.39 is 25.2 Å². The van der Waals surface area contributed by atoms with Crippen LogP contribution in [0.5, 0.6) is 0 Å². The van der Waals surface area contributed by atoms with E-state index in [9.17, 15) is 22.4 Å². The summed E-state index contributed by atoms with van der Waals surface area (Å²) < 4.78 is 48.4. The van der Waals surface area contributed by atoms with Gasteiger partial charge in [0.05, 0.1) is 3.92 Å². The van der Waals surface area contributed by atoms with Gasteiger partial charge in [0, 0.05) is 0 Å². The number of alkyl halides is 6. The van der Waals surface area contributed by atoms with Crippen molar-refractivity contribution in [2.24, 2.45) is 0 Å². The van der Waals surface area contributed by atoms with Gasteiger partial charge in [-0.15, -0.1) is 0 Å². The number of halogens is 6. The van der Waals surface area contributed by atoms with E-state index in [1.54, 1.807) is 0 Å². The van der Waals surface area contributed by atoms with Gasteiger partial charge < -0.3 is 5.11 Å². The highest BCUT2D eigenvalue weighted by molar-refractivity contribution is 14.1. The number of aliphatic carboxylic acids is 1. The van der Waals surface area contributed by atoms with Gasteiger partial charge >= 0.3 is 11.9 Å². The van der Waals surface area contributed by atoms with Gasteiger partial charge in [0.1, 0.15) is 0 Å². The van der Waals surface area contributed by atoms with E-state index in [-0.39, 0.29) is 0 Å². The number of hydrogen-bond acceptors (Lipinski definition) is 1. The zero-order chi connectivity index (χ0) is 12.1. The van der Waals surface area contributed by atoms with Crippen molar-refractivity contribution in [2.45, 2.75) is 19.2 Å². The van der Waals surface area contributed by atoms with Gasteiger partial charge in [-0.2, -0.15) is 0 Å². The lowest BCUT2D eigenvalue weighted by molar-refractivity contribution is -0.172. The molecule has 1 rings (SSSR count). The first-order valence-electron chi connectivity index (χ1n) is 3.58. The fourth-order valence-electron chi connectivity index (χ4n) is 1.06. The molecule has 0 amide bonds. The van der Waals surface area contributed by atoms with Gasteiger partial charge in [-0.25, -0.2) is 22.4 Å². The maximum absolute atomic E-state index is 13.6. The van der Waals surface area contributed by atoms with E-state index in [4.69, 9.17) is 5.11 Å². The van der Waals surface area contributed by atoms with Crippen molar-refractivity contribution in [3.63, 3.8) is 0 Å². The molecule has 0 fully saturated rings. The SMILES string of the molecule is O=C(O)C1(F)C=CC(I)C(F)(F)C1(F)I. The van der Waals surface area contributed by atoms with Crippen LogP contribution in [0.25, 0.3) is 0 Å². The maximum Gasteiger partial charge on any atom is 0.350 e. The lowest BCUT2D eigenvalue weighted by atomic mass is 9.88. The van der Waals surface area contributed by atoms with Crippen LogP contribution in [0.2, 0.25) is 0 Å². The topological polar surface area (TPSA) is 37.3 Å². The van der Waals surface area contributed by atoms with Crippen molar-refractivity contribution >= 4 is 51.2 Å². The molecule has 86 valence electrons. The molecule has 1 aliphatic carbocycles. The Hall–Kier alpha value is 0.390.